The molecule has 1 aromatic heterocycles. The van der Waals surface area contributed by atoms with Crippen LogP contribution in [0.25, 0.3) is 11.1 Å². The Balaban J connectivity index is 1.54. The van der Waals surface area contributed by atoms with Crippen molar-refractivity contribution in [1.29, 1.82) is 0 Å². The molecule has 132 valence electrons. The number of aromatic nitrogens is 2. The summed E-state index contributed by atoms with van der Waals surface area (Å²) in [6, 6.07) is 15.1. The van der Waals surface area contributed by atoms with Crippen molar-refractivity contribution in [2.45, 2.75) is 12.5 Å². The second-order valence-electron chi connectivity index (χ2n) is 6.47. The maximum Gasteiger partial charge on any atom is 0.274 e. The van der Waals surface area contributed by atoms with E-state index in [1.807, 2.05) is 48.7 Å². The number of ether oxygens (including phenoxy) is 2. The number of aromatic amines is 1. The van der Waals surface area contributed by atoms with Gasteiger partial charge in [-0.3, -0.25) is 9.89 Å². The number of hydrogen-bond donors (Lipinski definition) is 1. The van der Waals surface area contributed by atoms with Crippen molar-refractivity contribution < 1.29 is 14.3 Å². The molecule has 0 spiro atoms. The summed E-state index contributed by atoms with van der Waals surface area (Å²) in [6.45, 7) is 1.92. The first kappa shape index (κ1) is 16.2. The van der Waals surface area contributed by atoms with Crippen LogP contribution >= 0.6 is 0 Å². The Labute approximate surface area is 151 Å². The van der Waals surface area contributed by atoms with Crippen LogP contribution in [0.15, 0.2) is 60.9 Å². The number of H-pyrrole nitrogens is 1. The number of carbonyl (C=O) groups is 1. The number of likely N-dealkylation sites (N-methyl/N-ethyl adjacent to an activating group) is 1. The summed E-state index contributed by atoms with van der Waals surface area (Å²) in [5.41, 5.74) is 1.73. The first-order valence-electron chi connectivity index (χ1n) is 8.35. The van der Waals surface area contributed by atoms with E-state index in [0.29, 0.717) is 11.5 Å². The van der Waals surface area contributed by atoms with Crippen LogP contribution in [-0.4, -0.2) is 35.4 Å². The number of benzene rings is 2. The van der Waals surface area contributed by atoms with Crippen LogP contribution < -0.4 is 14.4 Å². The average molecular weight is 349 g/mol. The number of fused-ring (bicyclic) bond motifs is 1. The molecule has 3 aromatic rings. The molecular formula is C20H19N3O3. The fourth-order valence-corrected chi connectivity index (χ4v) is 3.00. The quantitative estimate of drug-likeness (QED) is 0.788. The van der Waals surface area contributed by atoms with Crippen LogP contribution in [0, 0.1) is 0 Å². The van der Waals surface area contributed by atoms with Gasteiger partial charge in [0.25, 0.3) is 5.91 Å². The Bertz CT molecular complexity index is 922. The lowest BCUT2D eigenvalue weighted by Gasteiger charge is -2.36. The molecule has 6 nitrogen and oxygen atoms in total. The Morgan fingerprint density at radius 3 is 2.54 bits per heavy atom. The highest BCUT2D eigenvalue weighted by molar-refractivity contribution is 5.99. The molecular weight excluding hydrogens is 330 g/mol. The third kappa shape index (κ3) is 2.79. The summed E-state index contributed by atoms with van der Waals surface area (Å²) in [5, 5.41) is 6.75. The van der Waals surface area contributed by atoms with Crippen LogP contribution in [0.2, 0.25) is 0 Å². The molecule has 0 bridgehead atoms. The summed E-state index contributed by atoms with van der Waals surface area (Å²) in [4.78, 5) is 14.6. The van der Waals surface area contributed by atoms with Crippen molar-refractivity contribution in [3.8, 4) is 22.6 Å². The molecule has 1 N–H and O–H groups in total. The molecule has 0 radical (unpaired) electrons. The molecule has 0 fully saturated rings. The van der Waals surface area contributed by atoms with Crippen molar-refractivity contribution >= 4 is 11.6 Å². The Morgan fingerprint density at radius 1 is 1.12 bits per heavy atom. The zero-order valence-corrected chi connectivity index (χ0v) is 14.6. The molecule has 1 aliphatic rings. The number of anilines is 1. The number of rotatable bonds is 3. The maximum atomic E-state index is 13.0. The highest BCUT2D eigenvalue weighted by atomic mass is 16.6. The van der Waals surface area contributed by atoms with Crippen molar-refractivity contribution in [3.63, 3.8) is 0 Å². The Morgan fingerprint density at radius 2 is 1.85 bits per heavy atom. The third-order valence-corrected chi connectivity index (χ3v) is 4.53. The van der Waals surface area contributed by atoms with Crippen LogP contribution in [0.1, 0.15) is 6.92 Å². The third-order valence-electron chi connectivity index (χ3n) is 4.53. The van der Waals surface area contributed by atoms with Gasteiger partial charge in [-0.25, -0.2) is 0 Å². The largest absolute Gasteiger partial charge is 0.485 e. The van der Waals surface area contributed by atoms with Crippen molar-refractivity contribution in [2.24, 2.45) is 0 Å². The van der Waals surface area contributed by atoms with Gasteiger partial charge in [-0.2, -0.15) is 5.10 Å². The van der Waals surface area contributed by atoms with E-state index in [2.05, 4.69) is 10.2 Å². The molecule has 1 unspecified atom stereocenters. The standard InChI is InChI=1S/C20H19N3O3/c1-20(13-25-17-5-3-4-6-18(17)26-20)19(24)23(2)16-9-7-14(8-10-16)15-11-21-22-12-15/h3-12H,13H2,1-2H3,(H,21,22). The van der Waals surface area contributed by atoms with Gasteiger partial charge in [0.2, 0.25) is 5.60 Å². The second kappa shape index (κ2) is 6.22. The van der Waals surface area contributed by atoms with Crippen LogP contribution in [-0.2, 0) is 4.79 Å². The summed E-state index contributed by atoms with van der Waals surface area (Å²) in [7, 11) is 1.74. The van der Waals surface area contributed by atoms with E-state index < -0.39 is 5.60 Å². The summed E-state index contributed by atoms with van der Waals surface area (Å²) in [6.07, 6.45) is 3.59. The fraction of sp³-hybridized carbons (Fsp3) is 0.200. The number of nitrogens with one attached hydrogen (secondary N) is 1. The van der Waals surface area contributed by atoms with Gasteiger partial charge < -0.3 is 14.4 Å². The maximum absolute atomic E-state index is 13.0. The summed E-state index contributed by atoms with van der Waals surface area (Å²) >= 11 is 0. The lowest BCUT2D eigenvalue weighted by molar-refractivity contribution is -0.136. The minimum Gasteiger partial charge on any atom is -0.485 e. The topological polar surface area (TPSA) is 67.5 Å². The summed E-state index contributed by atoms with van der Waals surface area (Å²) in [5.74, 6) is 1.08. The monoisotopic (exact) mass is 349 g/mol. The number of hydrogen-bond acceptors (Lipinski definition) is 4. The first-order chi connectivity index (χ1) is 12.6. The van der Waals surface area contributed by atoms with Gasteiger partial charge >= 0.3 is 0 Å². The predicted octanol–water partition coefficient (Wildman–Crippen LogP) is 3.27. The molecule has 2 aromatic carbocycles. The highest BCUT2D eigenvalue weighted by Crippen LogP contribution is 2.36. The molecule has 0 aliphatic carbocycles. The van der Waals surface area contributed by atoms with Gasteiger partial charge in [0.05, 0.1) is 6.20 Å². The Hall–Kier alpha value is -3.28. The van der Waals surface area contributed by atoms with Crippen molar-refractivity contribution in [2.75, 3.05) is 18.6 Å². The van der Waals surface area contributed by atoms with Crippen LogP contribution in [0.5, 0.6) is 11.5 Å². The number of carbonyl (C=O) groups excluding carboxylic acids is 1. The zero-order valence-electron chi connectivity index (χ0n) is 14.6. The fourth-order valence-electron chi connectivity index (χ4n) is 3.00. The molecule has 1 aliphatic heterocycles. The molecule has 1 amide bonds. The van der Waals surface area contributed by atoms with Crippen molar-refractivity contribution in [3.05, 3.63) is 60.9 Å². The SMILES string of the molecule is CN(C(=O)C1(C)COc2ccccc2O1)c1ccc(-c2cn[nH]c2)cc1. The van der Waals surface area contributed by atoms with Gasteiger partial charge in [0, 0.05) is 24.5 Å². The molecule has 0 saturated heterocycles. The van der Waals surface area contributed by atoms with Gasteiger partial charge in [0.1, 0.15) is 6.61 Å². The minimum atomic E-state index is -1.08. The lowest BCUT2D eigenvalue weighted by Crippen LogP contribution is -2.55. The molecule has 4 rings (SSSR count). The van der Waals surface area contributed by atoms with E-state index in [9.17, 15) is 4.79 Å². The van der Waals surface area contributed by atoms with E-state index in [1.165, 1.54) is 0 Å². The number of amides is 1. The Kier molecular flexibility index (Phi) is 3.88. The predicted molar refractivity (Wildman–Crippen MR) is 98.4 cm³/mol. The minimum absolute atomic E-state index is 0.164. The molecule has 2 heterocycles. The van der Waals surface area contributed by atoms with E-state index in [1.54, 1.807) is 31.1 Å². The van der Waals surface area contributed by atoms with E-state index in [0.717, 1.165) is 16.8 Å². The smallest absolute Gasteiger partial charge is 0.274 e. The highest BCUT2D eigenvalue weighted by Gasteiger charge is 2.42. The summed E-state index contributed by atoms with van der Waals surface area (Å²) < 4.78 is 11.7. The van der Waals surface area contributed by atoms with Gasteiger partial charge in [-0.1, -0.05) is 24.3 Å². The zero-order chi connectivity index (χ0) is 18.1. The molecule has 1 atom stereocenters. The second-order valence-corrected chi connectivity index (χ2v) is 6.47. The number of nitrogens with zero attached hydrogens (tertiary/aromatic N) is 2. The van der Waals surface area contributed by atoms with Gasteiger partial charge in [0.15, 0.2) is 11.5 Å². The van der Waals surface area contributed by atoms with Crippen LogP contribution in [0.4, 0.5) is 5.69 Å². The molecule has 0 saturated carbocycles. The normalized spacial score (nSPS) is 18.4. The first-order valence-corrected chi connectivity index (χ1v) is 8.35. The molecule has 26 heavy (non-hydrogen) atoms. The lowest BCUT2D eigenvalue weighted by atomic mass is 10.0. The van der Waals surface area contributed by atoms with Gasteiger partial charge in [-0.05, 0) is 36.8 Å². The van der Waals surface area contributed by atoms with E-state index in [4.69, 9.17) is 9.47 Å². The van der Waals surface area contributed by atoms with Crippen LogP contribution in [0.3, 0.4) is 0 Å². The van der Waals surface area contributed by atoms with E-state index >= 15 is 0 Å². The van der Waals surface area contributed by atoms with Gasteiger partial charge in [-0.15, -0.1) is 0 Å². The van der Waals surface area contributed by atoms with E-state index in [-0.39, 0.29) is 12.5 Å². The number of para-hydroxylation sites is 2. The average Bonchev–Trinajstić information content (AvgIpc) is 3.21. The van der Waals surface area contributed by atoms with Crippen molar-refractivity contribution in [1.82, 2.24) is 10.2 Å². The molecule has 6 heteroatoms.